The number of carbonyl (C=O) groups excluding carboxylic acids is 1. The third-order valence-corrected chi connectivity index (χ3v) is 5.77. The molecule has 0 aliphatic carbocycles. The average Bonchev–Trinajstić information content (AvgIpc) is 2.51. The van der Waals surface area contributed by atoms with Crippen molar-refractivity contribution in [1.82, 2.24) is 0 Å². The summed E-state index contributed by atoms with van der Waals surface area (Å²) < 4.78 is -0.0476. The molecule has 2 aromatic rings. The smallest absolute Gasteiger partial charge is 0.250 e. The lowest BCUT2D eigenvalue weighted by Gasteiger charge is -2.33. The van der Waals surface area contributed by atoms with Crippen LogP contribution in [0, 0.1) is 0 Å². The average molecular weight is 301 g/mol. The largest absolute Gasteiger partial charge is 0.305 e. The second-order valence-corrected chi connectivity index (χ2v) is 6.95. The Balaban J connectivity index is 1.97. The van der Waals surface area contributed by atoms with E-state index < -0.39 is 0 Å². The first-order valence-electron chi connectivity index (χ1n) is 6.43. The van der Waals surface area contributed by atoms with E-state index in [4.69, 9.17) is 0 Å². The van der Waals surface area contributed by atoms with Gasteiger partial charge in [-0.1, -0.05) is 54.2 Å². The lowest BCUT2D eigenvalue weighted by molar-refractivity contribution is -0.117. The normalized spacial score (nSPS) is 17.9. The van der Waals surface area contributed by atoms with Gasteiger partial charge >= 0.3 is 0 Å². The third kappa shape index (κ3) is 2.58. The Labute approximate surface area is 127 Å². The van der Waals surface area contributed by atoms with Crippen LogP contribution in [-0.4, -0.2) is 16.7 Å². The maximum absolute atomic E-state index is 12.6. The molecule has 4 heteroatoms. The number of rotatable bonds is 3. The Morgan fingerprint density at radius 1 is 1.10 bits per heavy atom. The molecule has 1 amide bonds. The topological polar surface area (TPSA) is 20.3 Å². The molecule has 1 aliphatic heterocycles. The van der Waals surface area contributed by atoms with Crippen LogP contribution in [0.4, 0.5) is 5.69 Å². The highest BCUT2D eigenvalue weighted by atomic mass is 32.2. The van der Waals surface area contributed by atoms with Gasteiger partial charge in [0.15, 0.2) is 0 Å². The van der Waals surface area contributed by atoms with Crippen LogP contribution in [0.3, 0.4) is 0 Å². The first-order chi connectivity index (χ1) is 9.79. The second-order valence-electron chi connectivity index (χ2n) is 4.56. The molecule has 1 unspecified atom stereocenters. The van der Waals surface area contributed by atoms with Gasteiger partial charge in [0, 0.05) is 4.90 Å². The molecule has 0 bridgehead atoms. The lowest BCUT2D eigenvalue weighted by Crippen LogP contribution is -2.39. The van der Waals surface area contributed by atoms with Gasteiger partial charge in [-0.25, -0.2) is 0 Å². The first-order valence-corrected chi connectivity index (χ1v) is 8.60. The number of carbonyl (C=O) groups is 1. The summed E-state index contributed by atoms with van der Waals surface area (Å²) in [4.78, 5) is 15.7. The lowest BCUT2D eigenvalue weighted by atomic mass is 10.2. The Kier molecular flexibility index (Phi) is 4.03. The maximum Gasteiger partial charge on any atom is 0.250 e. The molecule has 1 aliphatic rings. The van der Waals surface area contributed by atoms with Crippen LogP contribution in [-0.2, 0) is 11.3 Å². The van der Waals surface area contributed by atoms with E-state index in [1.165, 1.54) is 4.90 Å². The molecule has 0 spiro atoms. The zero-order chi connectivity index (χ0) is 13.9. The van der Waals surface area contributed by atoms with Crippen molar-refractivity contribution in [3.05, 3.63) is 60.2 Å². The first kappa shape index (κ1) is 13.6. The van der Waals surface area contributed by atoms with Crippen LogP contribution in [0.25, 0.3) is 0 Å². The fraction of sp³-hybridized carbons (Fsp3) is 0.188. The number of hydrogen-bond donors (Lipinski definition) is 0. The van der Waals surface area contributed by atoms with E-state index in [9.17, 15) is 4.79 Å². The van der Waals surface area contributed by atoms with Crippen LogP contribution in [0.2, 0.25) is 0 Å². The highest BCUT2D eigenvalue weighted by Crippen LogP contribution is 2.42. The van der Waals surface area contributed by atoms with E-state index in [1.807, 2.05) is 47.6 Å². The molecule has 0 saturated carbocycles. The second kappa shape index (κ2) is 5.94. The fourth-order valence-corrected chi connectivity index (χ4v) is 4.21. The van der Waals surface area contributed by atoms with Gasteiger partial charge in [-0.2, -0.15) is 0 Å². The van der Waals surface area contributed by atoms with Crippen molar-refractivity contribution in [2.75, 3.05) is 11.2 Å². The zero-order valence-electron chi connectivity index (χ0n) is 11.2. The Bertz CT molecular complexity index is 615. The van der Waals surface area contributed by atoms with Crippen molar-refractivity contribution in [3.63, 3.8) is 0 Å². The fourth-order valence-electron chi connectivity index (χ4n) is 2.27. The van der Waals surface area contributed by atoms with Crippen molar-refractivity contribution < 1.29 is 4.79 Å². The van der Waals surface area contributed by atoms with Crippen LogP contribution >= 0.6 is 23.5 Å². The monoisotopic (exact) mass is 301 g/mol. The van der Waals surface area contributed by atoms with Gasteiger partial charge in [0.25, 0.3) is 5.91 Å². The van der Waals surface area contributed by atoms with Gasteiger partial charge in [0.05, 0.1) is 12.2 Å². The highest BCUT2D eigenvalue weighted by molar-refractivity contribution is 8.18. The van der Waals surface area contributed by atoms with E-state index in [0.29, 0.717) is 6.54 Å². The molecule has 1 heterocycles. The van der Waals surface area contributed by atoms with Gasteiger partial charge < -0.3 is 4.90 Å². The van der Waals surface area contributed by atoms with Crippen LogP contribution < -0.4 is 4.90 Å². The molecule has 0 aromatic heterocycles. The van der Waals surface area contributed by atoms with Crippen molar-refractivity contribution in [2.24, 2.45) is 0 Å². The number of anilines is 1. The van der Waals surface area contributed by atoms with Crippen molar-refractivity contribution in [1.29, 1.82) is 0 Å². The number of fused-ring (bicyclic) bond motifs is 1. The number of hydrogen-bond acceptors (Lipinski definition) is 3. The summed E-state index contributed by atoms with van der Waals surface area (Å²) >= 11 is 3.25. The minimum absolute atomic E-state index is 0.0476. The summed E-state index contributed by atoms with van der Waals surface area (Å²) in [5.74, 6) is 0.185. The molecule has 0 radical (unpaired) electrons. The van der Waals surface area contributed by atoms with E-state index in [0.717, 1.165) is 11.3 Å². The van der Waals surface area contributed by atoms with Crippen LogP contribution in [0.15, 0.2) is 59.5 Å². The summed E-state index contributed by atoms with van der Waals surface area (Å²) in [5.41, 5.74) is 2.18. The van der Waals surface area contributed by atoms with Gasteiger partial charge in [0.2, 0.25) is 0 Å². The molecule has 0 fully saturated rings. The van der Waals surface area contributed by atoms with E-state index in [-0.39, 0.29) is 10.5 Å². The van der Waals surface area contributed by atoms with Gasteiger partial charge in [0.1, 0.15) is 4.58 Å². The van der Waals surface area contributed by atoms with Crippen LogP contribution in [0.5, 0.6) is 0 Å². The molecule has 20 heavy (non-hydrogen) atoms. The zero-order valence-corrected chi connectivity index (χ0v) is 12.8. The Morgan fingerprint density at radius 3 is 2.55 bits per heavy atom. The molecule has 3 rings (SSSR count). The molecular formula is C16H15NOS2. The van der Waals surface area contributed by atoms with Crippen LogP contribution in [0.1, 0.15) is 5.56 Å². The third-order valence-electron chi connectivity index (χ3n) is 3.26. The summed E-state index contributed by atoms with van der Waals surface area (Å²) in [7, 11) is 0. The molecule has 102 valence electrons. The number of amides is 1. The van der Waals surface area contributed by atoms with Crippen molar-refractivity contribution in [2.45, 2.75) is 16.0 Å². The maximum atomic E-state index is 12.6. The highest BCUT2D eigenvalue weighted by Gasteiger charge is 2.32. The number of para-hydroxylation sites is 1. The SMILES string of the molecule is CSC1Sc2ccccc2N(Cc2ccccc2)C1=O. The predicted molar refractivity (Wildman–Crippen MR) is 87.2 cm³/mol. The standard InChI is InChI=1S/C16H15NOS2/c1-19-16-15(18)17(11-12-7-3-2-4-8-12)13-9-5-6-10-14(13)20-16/h2-10,16H,11H2,1H3. The molecule has 1 atom stereocenters. The minimum atomic E-state index is -0.0476. The number of nitrogens with zero attached hydrogens (tertiary/aromatic N) is 1. The summed E-state index contributed by atoms with van der Waals surface area (Å²) in [5, 5.41) is 0. The van der Waals surface area contributed by atoms with E-state index >= 15 is 0 Å². The van der Waals surface area contributed by atoms with Crippen molar-refractivity contribution >= 4 is 35.1 Å². The van der Waals surface area contributed by atoms with Crippen molar-refractivity contribution in [3.8, 4) is 0 Å². The minimum Gasteiger partial charge on any atom is -0.305 e. The Hall–Kier alpha value is -1.39. The van der Waals surface area contributed by atoms with Gasteiger partial charge in [-0.3, -0.25) is 4.79 Å². The number of benzene rings is 2. The van der Waals surface area contributed by atoms with Gasteiger partial charge in [-0.05, 0) is 24.0 Å². The molecule has 2 nitrogen and oxygen atoms in total. The molecular weight excluding hydrogens is 286 g/mol. The van der Waals surface area contributed by atoms with E-state index in [2.05, 4.69) is 18.2 Å². The predicted octanol–water partition coefficient (Wildman–Crippen LogP) is 4.01. The molecule has 0 N–H and O–H groups in total. The van der Waals surface area contributed by atoms with Gasteiger partial charge in [-0.15, -0.1) is 11.8 Å². The molecule has 0 saturated heterocycles. The van der Waals surface area contributed by atoms with E-state index in [1.54, 1.807) is 23.5 Å². The number of thioether (sulfide) groups is 2. The summed E-state index contributed by atoms with van der Waals surface area (Å²) in [6.45, 7) is 0.633. The Morgan fingerprint density at radius 2 is 1.80 bits per heavy atom. The summed E-state index contributed by atoms with van der Waals surface area (Å²) in [6.07, 6.45) is 1.99. The quantitative estimate of drug-likeness (QED) is 0.854. The molecule has 2 aromatic carbocycles. The summed E-state index contributed by atoms with van der Waals surface area (Å²) in [6, 6.07) is 18.3.